The summed E-state index contributed by atoms with van der Waals surface area (Å²) in [7, 11) is 0. The van der Waals surface area contributed by atoms with Crippen LogP contribution in [0.3, 0.4) is 0 Å². The maximum Gasteiger partial charge on any atom is 0.103 e. The van der Waals surface area contributed by atoms with E-state index in [1.165, 1.54) is 16.7 Å². The average molecular weight is 349 g/mol. The van der Waals surface area contributed by atoms with Crippen molar-refractivity contribution >= 4 is 23.5 Å². The Balaban J connectivity index is 1.62. The molecule has 0 saturated carbocycles. The van der Waals surface area contributed by atoms with Gasteiger partial charge in [-0.3, -0.25) is 4.90 Å². The molecule has 5 rings (SSSR count). The fourth-order valence-corrected chi connectivity index (χ4v) is 6.12. The Morgan fingerprint density at radius 2 is 1.33 bits per heavy atom. The molecule has 0 N–H and O–H groups in total. The summed E-state index contributed by atoms with van der Waals surface area (Å²) in [5, 5.41) is 2.84. The third kappa shape index (κ3) is 2.35. The van der Waals surface area contributed by atoms with Crippen molar-refractivity contribution < 1.29 is 0 Å². The zero-order valence-corrected chi connectivity index (χ0v) is 14.5. The summed E-state index contributed by atoms with van der Waals surface area (Å²) in [4.78, 5) is 11.8. The van der Waals surface area contributed by atoms with Crippen molar-refractivity contribution in [1.82, 2.24) is 14.9 Å². The fourth-order valence-electron chi connectivity index (χ4n) is 3.29. The number of rotatable bonds is 2. The van der Waals surface area contributed by atoms with Crippen LogP contribution in [0.25, 0.3) is 0 Å². The molecule has 3 aromatic rings. The molecule has 0 amide bonds. The van der Waals surface area contributed by atoms with Crippen LogP contribution in [0.1, 0.15) is 27.4 Å². The van der Waals surface area contributed by atoms with Gasteiger partial charge in [0, 0.05) is 30.1 Å². The van der Waals surface area contributed by atoms with Gasteiger partial charge in [0.1, 0.15) is 10.1 Å². The van der Waals surface area contributed by atoms with Crippen molar-refractivity contribution in [2.75, 3.05) is 0 Å². The molecule has 0 fully saturated rings. The lowest BCUT2D eigenvalue weighted by Gasteiger charge is -2.45. The zero-order valence-electron chi connectivity index (χ0n) is 12.9. The van der Waals surface area contributed by atoms with Gasteiger partial charge in [-0.2, -0.15) is 0 Å². The summed E-state index contributed by atoms with van der Waals surface area (Å²) in [5.41, 5.74) is 3.94. The quantitative estimate of drug-likeness (QED) is 0.657. The van der Waals surface area contributed by atoms with Crippen LogP contribution < -0.4 is 0 Å². The van der Waals surface area contributed by atoms with Crippen LogP contribution in [0.15, 0.2) is 77.0 Å². The van der Waals surface area contributed by atoms with Crippen LogP contribution in [0.5, 0.6) is 0 Å². The van der Waals surface area contributed by atoms with E-state index in [2.05, 4.69) is 57.3 Å². The second kappa shape index (κ2) is 5.92. The van der Waals surface area contributed by atoms with E-state index in [4.69, 9.17) is 0 Å². The second-order valence-corrected chi connectivity index (χ2v) is 8.03. The molecule has 24 heavy (non-hydrogen) atoms. The molecule has 2 aliphatic rings. The highest BCUT2D eigenvalue weighted by Gasteiger charge is 2.42. The third-order valence-corrected chi connectivity index (χ3v) is 7.01. The topological polar surface area (TPSA) is 29.0 Å². The molecular weight excluding hydrogens is 334 g/mol. The lowest BCUT2D eigenvalue weighted by molar-refractivity contribution is 0.215. The number of hydrogen-bond donors (Lipinski definition) is 0. The van der Waals surface area contributed by atoms with E-state index in [1.54, 1.807) is 0 Å². The second-order valence-electron chi connectivity index (χ2n) is 5.89. The Morgan fingerprint density at radius 3 is 1.92 bits per heavy atom. The van der Waals surface area contributed by atoms with Crippen LogP contribution >= 0.6 is 23.5 Å². The summed E-state index contributed by atoms with van der Waals surface area (Å²) in [6, 6.07) is 19.2. The Hall–Kier alpha value is -1.82. The minimum Gasteiger partial charge on any atom is -0.266 e. The van der Waals surface area contributed by atoms with Crippen molar-refractivity contribution in [2.24, 2.45) is 0 Å². The van der Waals surface area contributed by atoms with E-state index >= 15 is 0 Å². The molecule has 118 valence electrons. The van der Waals surface area contributed by atoms with Crippen LogP contribution in [0.4, 0.5) is 0 Å². The number of nitrogens with zero attached hydrogens (tertiary/aromatic N) is 3. The molecule has 3 nitrogen and oxygen atoms in total. The predicted octanol–water partition coefficient (Wildman–Crippen LogP) is 4.89. The number of pyridine rings is 2. The van der Waals surface area contributed by atoms with Gasteiger partial charge in [0.25, 0.3) is 0 Å². The molecule has 2 bridgehead atoms. The largest absolute Gasteiger partial charge is 0.266 e. The maximum atomic E-state index is 4.62. The van der Waals surface area contributed by atoms with Gasteiger partial charge < -0.3 is 0 Å². The molecule has 0 aliphatic carbocycles. The molecular formula is C19H15N3S2. The van der Waals surface area contributed by atoms with E-state index in [9.17, 15) is 0 Å². The minimum atomic E-state index is 0.266. The average Bonchev–Trinajstić information content (AvgIpc) is 2.63. The van der Waals surface area contributed by atoms with Crippen molar-refractivity contribution in [1.29, 1.82) is 0 Å². The van der Waals surface area contributed by atoms with Crippen molar-refractivity contribution in [3.63, 3.8) is 0 Å². The van der Waals surface area contributed by atoms with E-state index in [1.807, 2.05) is 48.1 Å². The Labute approximate surface area is 149 Å². The van der Waals surface area contributed by atoms with Gasteiger partial charge in [-0.1, -0.05) is 66.0 Å². The highest BCUT2D eigenvalue weighted by Crippen LogP contribution is 2.59. The van der Waals surface area contributed by atoms with Crippen molar-refractivity contribution in [3.05, 3.63) is 83.7 Å². The van der Waals surface area contributed by atoms with Crippen LogP contribution in [0.2, 0.25) is 0 Å². The highest BCUT2D eigenvalue weighted by molar-refractivity contribution is 8.01. The summed E-state index contributed by atoms with van der Waals surface area (Å²) in [5.74, 6) is 0. The first-order valence-corrected chi connectivity index (χ1v) is 9.69. The molecule has 0 radical (unpaired) electrons. The molecule has 2 aromatic heterocycles. The Morgan fingerprint density at radius 1 is 0.750 bits per heavy atom. The fraction of sp³-hybridized carbons (Fsp3) is 0.158. The number of aromatic nitrogens is 2. The van der Waals surface area contributed by atoms with Gasteiger partial charge >= 0.3 is 0 Å². The molecule has 2 atom stereocenters. The Bertz CT molecular complexity index is 831. The lowest BCUT2D eigenvalue weighted by Crippen LogP contribution is -2.36. The first-order valence-electron chi connectivity index (χ1n) is 7.93. The summed E-state index contributed by atoms with van der Waals surface area (Å²) < 4.78 is 0. The van der Waals surface area contributed by atoms with E-state index in [0.717, 1.165) is 16.6 Å². The molecule has 0 saturated heterocycles. The first-order chi connectivity index (χ1) is 11.9. The highest BCUT2D eigenvalue weighted by atomic mass is 32.2. The van der Waals surface area contributed by atoms with Gasteiger partial charge in [-0.25, -0.2) is 9.97 Å². The summed E-state index contributed by atoms with van der Waals surface area (Å²) in [6.45, 7) is 0.929. The SMILES string of the molecule is c1ccc(CN2[C@@H]3Sc4ncccc4[C@H]2Sc2ncccc23)cc1. The Kier molecular flexibility index (Phi) is 3.58. The van der Waals surface area contributed by atoms with Gasteiger partial charge in [-0.15, -0.1) is 0 Å². The van der Waals surface area contributed by atoms with Crippen molar-refractivity contribution in [3.8, 4) is 0 Å². The number of thioether (sulfide) groups is 2. The normalized spacial score (nSPS) is 21.8. The number of benzene rings is 1. The van der Waals surface area contributed by atoms with Gasteiger partial charge in [0.2, 0.25) is 0 Å². The number of hydrogen-bond acceptors (Lipinski definition) is 5. The lowest BCUT2D eigenvalue weighted by atomic mass is 10.1. The standard InChI is InChI=1S/C19H15N3S2/c1-2-6-13(7-3-1)12-22-18-14-8-4-10-20-16(14)23-19(22)15-9-5-11-21-17(15)24-18/h1-11,18-19H,12H2/t18-,19-/m1/s1. The van der Waals surface area contributed by atoms with Gasteiger partial charge in [0.15, 0.2) is 0 Å². The molecule has 5 heteroatoms. The first kappa shape index (κ1) is 14.5. The molecule has 4 heterocycles. The summed E-state index contributed by atoms with van der Waals surface area (Å²) in [6.07, 6.45) is 3.78. The van der Waals surface area contributed by atoms with E-state index in [0.29, 0.717) is 0 Å². The monoisotopic (exact) mass is 349 g/mol. The van der Waals surface area contributed by atoms with Crippen LogP contribution in [-0.2, 0) is 6.54 Å². The smallest absolute Gasteiger partial charge is 0.103 e. The van der Waals surface area contributed by atoms with Gasteiger partial charge in [-0.05, 0) is 17.7 Å². The molecule has 0 spiro atoms. The maximum absolute atomic E-state index is 4.62. The van der Waals surface area contributed by atoms with E-state index in [-0.39, 0.29) is 10.7 Å². The van der Waals surface area contributed by atoms with Gasteiger partial charge in [0.05, 0.1) is 10.7 Å². The van der Waals surface area contributed by atoms with Crippen LogP contribution in [-0.4, -0.2) is 14.9 Å². The number of fused-ring (bicyclic) bond motifs is 6. The van der Waals surface area contributed by atoms with Crippen LogP contribution in [0, 0.1) is 0 Å². The summed E-state index contributed by atoms with van der Waals surface area (Å²) >= 11 is 3.69. The van der Waals surface area contributed by atoms with Crippen molar-refractivity contribution in [2.45, 2.75) is 27.3 Å². The zero-order chi connectivity index (χ0) is 15.9. The molecule has 2 aliphatic heterocycles. The van der Waals surface area contributed by atoms with E-state index < -0.39 is 0 Å². The molecule has 1 aromatic carbocycles. The minimum absolute atomic E-state index is 0.266. The predicted molar refractivity (Wildman–Crippen MR) is 97.7 cm³/mol. The third-order valence-electron chi connectivity index (χ3n) is 4.39. The molecule has 0 unspecified atom stereocenters.